The van der Waals surface area contributed by atoms with Crippen molar-refractivity contribution in [1.82, 2.24) is 0 Å². The molecule has 0 heterocycles. The van der Waals surface area contributed by atoms with E-state index >= 15 is 0 Å². The lowest BCUT2D eigenvalue weighted by Gasteiger charge is -2.24. The SMILES string of the molecule is CCCCCC(C)CCC(C)CCCCCCOP(C)(=O)OCC[N+](C)(C)C. The fraction of sp³-hybridized carbons (Fsp3) is 1.00. The summed E-state index contributed by atoms with van der Waals surface area (Å²) in [5.41, 5.74) is 0. The fourth-order valence-corrected chi connectivity index (χ4v) is 4.25. The van der Waals surface area contributed by atoms with E-state index in [9.17, 15) is 4.57 Å². The molecule has 0 fully saturated rings. The quantitative estimate of drug-likeness (QED) is 0.127. The van der Waals surface area contributed by atoms with Crippen LogP contribution >= 0.6 is 7.60 Å². The molecule has 0 aliphatic carbocycles. The van der Waals surface area contributed by atoms with E-state index in [4.69, 9.17) is 9.05 Å². The molecule has 28 heavy (non-hydrogen) atoms. The van der Waals surface area contributed by atoms with Crippen LogP contribution in [0.4, 0.5) is 0 Å². The third-order valence-corrected chi connectivity index (χ3v) is 6.76. The molecule has 3 atom stereocenters. The van der Waals surface area contributed by atoms with Gasteiger partial charge in [0.1, 0.15) is 13.2 Å². The van der Waals surface area contributed by atoms with Gasteiger partial charge in [0.2, 0.25) is 0 Å². The van der Waals surface area contributed by atoms with Crippen molar-refractivity contribution in [2.75, 3.05) is 47.6 Å². The molecule has 170 valence electrons. The zero-order valence-corrected chi connectivity index (χ0v) is 21.1. The fourth-order valence-electron chi connectivity index (χ4n) is 3.30. The van der Waals surface area contributed by atoms with Crippen LogP contribution in [-0.2, 0) is 13.6 Å². The zero-order valence-electron chi connectivity index (χ0n) is 20.2. The van der Waals surface area contributed by atoms with Crippen LogP contribution in [0, 0.1) is 11.8 Å². The average Bonchev–Trinajstić information content (AvgIpc) is 2.58. The third kappa shape index (κ3) is 19.4. The molecule has 5 heteroatoms. The molecule has 0 aliphatic heterocycles. The van der Waals surface area contributed by atoms with Crippen LogP contribution in [0.1, 0.15) is 91.4 Å². The maximum absolute atomic E-state index is 12.2. The zero-order chi connectivity index (χ0) is 21.5. The van der Waals surface area contributed by atoms with E-state index in [1.165, 1.54) is 57.8 Å². The number of hydrogen-bond donors (Lipinski definition) is 0. The molecule has 0 aromatic carbocycles. The van der Waals surface area contributed by atoms with Gasteiger partial charge in [0.25, 0.3) is 0 Å². The highest BCUT2D eigenvalue weighted by molar-refractivity contribution is 7.52. The van der Waals surface area contributed by atoms with Crippen LogP contribution < -0.4 is 0 Å². The minimum atomic E-state index is -2.89. The van der Waals surface area contributed by atoms with Gasteiger partial charge in [0.05, 0.1) is 27.7 Å². The largest absolute Gasteiger partial charge is 0.329 e. The van der Waals surface area contributed by atoms with Gasteiger partial charge in [-0.3, -0.25) is 4.57 Å². The van der Waals surface area contributed by atoms with Crippen LogP contribution in [0.2, 0.25) is 0 Å². The maximum Gasteiger partial charge on any atom is 0.327 e. The van der Waals surface area contributed by atoms with Gasteiger partial charge in [-0.05, 0) is 18.3 Å². The minimum Gasteiger partial charge on any atom is -0.329 e. The number of likely N-dealkylation sites (N-methyl/N-ethyl adjacent to an activating group) is 1. The molecule has 0 aliphatic rings. The lowest BCUT2D eigenvalue weighted by molar-refractivity contribution is -0.870. The highest BCUT2D eigenvalue weighted by atomic mass is 31.2. The Bertz CT molecular complexity index is 409. The van der Waals surface area contributed by atoms with E-state index in [0.717, 1.165) is 35.7 Å². The molecule has 0 saturated carbocycles. The molecule has 0 aromatic rings. The molecule has 0 N–H and O–H groups in total. The van der Waals surface area contributed by atoms with E-state index in [-0.39, 0.29) is 0 Å². The summed E-state index contributed by atoms with van der Waals surface area (Å²) in [7, 11) is 3.40. The van der Waals surface area contributed by atoms with Crippen molar-refractivity contribution < 1.29 is 18.1 Å². The van der Waals surface area contributed by atoms with Gasteiger partial charge in [0.15, 0.2) is 0 Å². The molecule has 0 radical (unpaired) electrons. The van der Waals surface area contributed by atoms with E-state index in [1.807, 2.05) is 0 Å². The first-order valence-electron chi connectivity index (χ1n) is 11.7. The first kappa shape index (κ1) is 28.1. The highest BCUT2D eigenvalue weighted by Crippen LogP contribution is 2.43. The van der Waals surface area contributed by atoms with E-state index in [2.05, 4.69) is 41.9 Å². The molecular formula is C23H51NO3P+. The van der Waals surface area contributed by atoms with Crippen molar-refractivity contribution in [2.45, 2.75) is 91.4 Å². The molecule has 0 rings (SSSR count). The molecule has 0 amide bonds. The summed E-state index contributed by atoms with van der Waals surface area (Å²) in [6.07, 6.45) is 14.3. The number of rotatable bonds is 19. The Hall–Kier alpha value is 0.110. The maximum atomic E-state index is 12.2. The number of hydrogen-bond acceptors (Lipinski definition) is 3. The van der Waals surface area contributed by atoms with Crippen molar-refractivity contribution in [3.63, 3.8) is 0 Å². The highest BCUT2D eigenvalue weighted by Gasteiger charge is 2.18. The van der Waals surface area contributed by atoms with Gasteiger partial charge in [-0.15, -0.1) is 0 Å². The van der Waals surface area contributed by atoms with Crippen LogP contribution in [0.15, 0.2) is 0 Å². The summed E-state index contributed by atoms with van der Waals surface area (Å²) < 4.78 is 24.0. The van der Waals surface area contributed by atoms with Gasteiger partial charge < -0.3 is 13.5 Å². The Morgan fingerprint density at radius 3 is 1.79 bits per heavy atom. The summed E-state index contributed by atoms with van der Waals surface area (Å²) >= 11 is 0. The molecule has 0 aromatic heterocycles. The first-order chi connectivity index (χ1) is 13.1. The van der Waals surface area contributed by atoms with E-state index < -0.39 is 7.60 Å². The summed E-state index contributed by atoms with van der Waals surface area (Å²) in [5.74, 6) is 1.73. The van der Waals surface area contributed by atoms with Crippen LogP contribution in [0.3, 0.4) is 0 Å². The second kappa shape index (κ2) is 15.9. The standard InChI is InChI=1S/C23H51NO3P/c1-8-9-12-15-22(2)17-18-23(3)16-13-10-11-14-20-26-28(7,25)27-21-19-24(4,5)6/h22-23H,8-21H2,1-7H3/q+1. The molecular weight excluding hydrogens is 369 g/mol. The van der Waals surface area contributed by atoms with Crippen LogP contribution in [-0.4, -0.2) is 52.0 Å². The van der Waals surface area contributed by atoms with Crippen LogP contribution in [0.5, 0.6) is 0 Å². The second-order valence-electron chi connectivity index (χ2n) is 9.94. The lowest BCUT2D eigenvalue weighted by atomic mass is 9.91. The predicted molar refractivity (Wildman–Crippen MR) is 123 cm³/mol. The van der Waals surface area contributed by atoms with Gasteiger partial charge >= 0.3 is 7.60 Å². The minimum absolute atomic E-state index is 0.479. The Labute approximate surface area is 176 Å². The topological polar surface area (TPSA) is 35.5 Å². The van der Waals surface area contributed by atoms with Crippen molar-refractivity contribution in [2.24, 2.45) is 11.8 Å². The summed E-state index contributed by atoms with van der Waals surface area (Å²) in [6.45, 7) is 10.5. The molecule has 3 unspecified atom stereocenters. The van der Waals surface area contributed by atoms with Gasteiger partial charge in [-0.1, -0.05) is 85.0 Å². The average molecular weight is 421 g/mol. The van der Waals surface area contributed by atoms with E-state index in [1.54, 1.807) is 6.66 Å². The molecule has 0 bridgehead atoms. The summed E-state index contributed by atoms with van der Waals surface area (Å²) in [4.78, 5) is 0. The molecule has 0 spiro atoms. The van der Waals surface area contributed by atoms with Gasteiger partial charge in [-0.25, -0.2) is 0 Å². The number of unbranched alkanes of at least 4 members (excludes halogenated alkanes) is 5. The number of nitrogens with zero attached hydrogens (tertiary/aromatic N) is 1. The van der Waals surface area contributed by atoms with Gasteiger partial charge in [-0.2, -0.15) is 0 Å². The Morgan fingerprint density at radius 1 is 0.750 bits per heavy atom. The monoisotopic (exact) mass is 420 g/mol. The number of quaternary nitrogens is 1. The Kier molecular flexibility index (Phi) is 15.9. The lowest BCUT2D eigenvalue weighted by Crippen LogP contribution is -2.37. The van der Waals surface area contributed by atoms with E-state index in [0.29, 0.717) is 13.2 Å². The van der Waals surface area contributed by atoms with Crippen molar-refractivity contribution in [1.29, 1.82) is 0 Å². The van der Waals surface area contributed by atoms with Crippen molar-refractivity contribution in [3.05, 3.63) is 0 Å². The van der Waals surface area contributed by atoms with Crippen molar-refractivity contribution in [3.8, 4) is 0 Å². The predicted octanol–water partition coefficient (Wildman–Crippen LogP) is 7.13. The summed E-state index contributed by atoms with van der Waals surface area (Å²) in [5, 5.41) is 0. The summed E-state index contributed by atoms with van der Waals surface area (Å²) in [6, 6.07) is 0. The van der Waals surface area contributed by atoms with Crippen molar-refractivity contribution >= 4 is 7.60 Å². The molecule has 0 saturated heterocycles. The van der Waals surface area contributed by atoms with Crippen LogP contribution in [0.25, 0.3) is 0 Å². The first-order valence-corrected chi connectivity index (χ1v) is 13.7. The smallest absolute Gasteiger partial charge is 0.327 e. The third-order valence-electron chi connectivity index (χ3n) is 5.46. The second-order valence-corrected chi connectivity index (χ2v) is 12.0. The Morgan fingerprint density at radius 2 is 1.25 bits per heavy atom. The Balaban J connectivity index is 3.58. The molecule has 4 nitrogen and oxygen atoms in total. The normalized spacial score (nSPS) is 16.7. The van der Waals surface area contributed by atoms with Gasteiger partial charge in [0, 0.05) is 6.66 Å².